The maximum absolute atomic E-state index is 10.9. The summed E-state index contributed by atoms with van der Waals surface area (Å²) in [5, 5.41) is 17.8. The lowest BCUT2D eigenvalue weighted by molar-refractivity contribution is -0.132. The fraction of sp³-hybridized carbons (Fsp3) is 0.547. The molecule has 1 fully saturated rings. The minimum atomic E-state index is -0.928. The van der Waals surface area contributed by atoms with E-state index in [2.05, 4.69) is 120 Å². The van der Waals surface area contributed by atoms with E-state index in [1.165, 1.54) is 52.8 Å². The molecule has 0 saturated heterocycles. The fourth-order valence-electron chi connectivity index (χ4n) is 7.61. The van der Waals surface area contributed by atoms with Gasteiger partial charge >= 0.3 is 11.9 Å². The van der Waals surface area contributed by atoms with Crippen LogP contribution in [0.5, 0.6) is 11.5 Å². The number of rotatable bonds is 15. The van der Waals surface area contributed by atoms with Crippen molar-refractivity contribution in [3.63, 3.8) is 0 Å². The van der Waals surface area contributed by atoms with Crippen molar-refractivity contribution in [1.82, 2.24) is 0 Å². The molecule has 0 aliphatic heterocycles. The predicted molar refractivity (Wildman–Crippen MR) is 247 cm³/mol. The molecule has 2 N–H and O–H groups in total. The summed E-state index contributed by atoms with van der Waals surface area (Å²) in [4.78, 5) is 21.6. The zero-order chi connectivity index (χ0) is 44.5. The molecule has 0 aromatic heterocycles. The third-order valence-corrected chi connectivity index (χ3v) is 11.6. The third kappa shape index (κ3) is 14.1. The van der Waals surface area contributed by atoms with Gasteiger partial charge in [0.05, 0.1) is 13.2 Å². The van der Waals surface area contributed by atoms with Crippen molar-refractivity contribution < 1.29 is 29.3 Å². The van der Waals surface area contributed by atoms with Crippen LogP contribution in [0.3, 0.4) is 0 Å². The van der Waals surface area contributed by atoms with Crippen molar-refractivity contribution in [2.24, 2.45) is 5.92 Å². The molecule has 2 aromatic carbocycles. The summed E-state index contributed by atoms with van der Waals surface area (Å²) < 4.78 is 12.6. The zero-order valence-corrected chi connectivity index (χ0v) is 39.2. The number of aliphatic carboxylic acids is 2. The molecule has 2 unspecified atom stereocenters. The van der Waals surface area contributed by atoms with E-state index in [0.717, 1.165) is 60.5 Å². The van der Waals surface area contributed by atoms with Crippen LogP contribution in [0, 0.1) is 5.92 Å². The smallest absolute Gasteiger partial charge is 0.328 e. The third-order valence-electron chi connectivity index (χ3n) is 11.6. The molecule has 324 valence electrons. The standard InChI is InChI=1S/C27H40O3.C26H36O3/c1-9-10-13-30-25-22(21-15-19(21)12-11-18(2)14-24(28)29)16-20(26(3,4)5)17-23(25)27(6,7)8;1-8-14-29-23-17-22-21(25(4,5)12-13-26(22,6)7)16-20(23)19(3)11-9-10-18(2)15-24(27)28/h11-12,14,16-17,19,21H,9-10,13,15H2,1-8H3,(H,28,29);9-11,15-17H,8,12-14H2,1-7H3,(H,27,28)/b12-11+,18-14+;10-9?,18-15?,19-11-. The highest BCUT2D eigenvalue weighted by atomic mass is 16.5. The lowest BCUT2D eigenvalue weighted by Gasteiger charge is -2.42. The summed E-state index contributed by atoms with van der Waals surface area (Å²) in [6.45, 7) is 34.3. The topological polar surface area (TPSA) is 93.1 Å². The van der Waals surface area contributed by atoms with Gasteiger partial charge in [0, 0.05) is 23.3 Å². The summed E-state index contributed by atoms with van der Waals surface area (Å²) in [5.74, 6) is 1.04. The molecule has 2 aliphatic rings. The summed E-state index contributed by atoms with van der Waals surface area (Å²) in [6.07, 6.45) is 18.9. The predicted octanol–water partition coefficient (Wildman–Crippen LogP) is 14.0. The Morgan fingerprint density at radius 1 is 0.763 bits per heavy atom. The Labute approximate surface area is 357 Å². The monoisotopic (exact) mass is 809 g/mol. The molecule has 0 heterocycles. The van der Waals surface area contributed by atoms with Crippen LogP contribution >= 0.6 is 0 Å². The molecule has 0 radical (unpaired) electrons. The average Bonchev–Trinajstić information content (AvgIpc) is 3.90. The second-order valence-electron chi connectivity index (χ2n) is 20.2. The number of carboxylic acids is 2. The second kappa shape index (κ2) is 20.3. The minimum absolute atomic E-state index is 0.00139. The maximum Gasteiger partial charge on any atom is 0.328 e. The highest BCUT2D eigenvalue weighted by molar-refractivity contribution is 5.81. The van der Waals surface area contributed by atoms with Crippen LogP contribution < -0.4 is 9.47 Å². The SMILES string of the molecule is CCCCOc1c(C2CC2/C=C/C(C)=C/C(=O)O)cc(C(C)(C)C)cc1C(C)(C)C.CCCOc1cc2c(cc1/C(C)=C\C=CC(C)=CC(=O)O)C(C)(C)CCC2(C)C. The van der Waals surface area contributed by atoms with Crippen LogP contribution in [0.1, 0.15) is 182 Å². The van der Waals surface area contributed by atoms with E-state index < -0.39 is 11.9 Å². The first-order valence-corrected chi connectivity index (χ1v) is 21.8. The number of fused-ring (bicyclic) bond motifs is 1. The van der Waals surface area contributed by atoms with Crippen LogP contribution in [0.4, 0.5) is 0 Å². The Hall–Kier alpha value is -4.32. The van der Waals surface area contributed by atoms with Gasteiger partial charge in [0.1, 0.15) is 11.5 Å². The number of unbranched alkanes of at least 4 members (excludes halogenated alkanes) is 1. The van der Waals surface area contributed by atoms with Crippen molar-refractivity contribution in [2.75, 3.05) is 13.2 Å². The molecule has 0 bridgehead atoms. The van der Waals surface area contributed by atoms with E-state index in [-0.39, 0.29) is 21.7 Å². The molecule has 1 saturated carbocycles. The Morgan fingerprint density at radius 2 is 1.34 bits per heavy atom. The summed E-state index contributed by atoms with van der Waals surface area (Å²) in [5.41, 5.74) is 10.8. The Bertz CT molecular complexity index is 1950. The largest absolute Gasteiger partial charge is 0.493 e. The van der Waals surface area contributed by atoms with E-state index in [1.54, 1.807) is 6.92 Å². The highest BCUT2D eigenvalue weighted by Gasteiger charge is 2.41. The van der Waals surface area contributed by atoms with E-state index in [0.29, 0.717) is 24.0 Å². The van der Waals surface area contributed by atoms with Crippen molar-refractivity contribution in [3.05, 3.63) is 111 Å². The van der Waals surface area contributed by atoms with Crippen molar-refractivity contribution in [2.45, 2.75) is 170 Å². The fourth-order valence-corrected chi connectivity index (χ4v) is 7.61. The molecule has 0 spiro atoms. The summed E-state index contributed by atoms with van der Waals surface area (Å²) in [7, 11) is 0. The number of ether oxygens (including phenoxy) is 2. The lowest BCUT2D eigenvalue weighted by atomic mass is 9.62. The maximum atomic E-state index is 10.9. The molecular formula is C53H76O6. The van der Waals surface area contributed by atoms with Crippen LogP contribution in [0.2, 0.25) is 0 Å². The van der Waals surface area contributed by atoms with Crippen LogP contribution in [0.25, 0.3) is 5.57 Å². The second-order valence-corrected chi connectivity index (χ2v) is 20.2. The van der Waals surface area contributed by atoms with Gasteiger partial charge < -0.3 is 19.7 Å². The molecule has 6 heteroatoms. The van der Waals surface area contributed by atoms with Gasteiger partial charge in [-0.25, -0.2) is 9.59 Å². The van der Waals surface area contributed by atoms with Gasteiger partial charge in [0.25, 0.3) is 0 Å². The number of benzene rings is 2. The first-order valence-electron chi connectivity index (χ1n) is 21.8. The van der Waals surface area contributed by atoms with Crippen molar-refractivity contribution in [3.8, 4) is 11.5 Å². The molecule has 2 atom stereocenters. The molecule has 6 nitrogen and oxygen atoms in total. The Balaban J connectivity index is 0.000000316. The van der Waals surface area contributed by atoms with Gasteiger partial charge in [0.2, 0.25) is 0 Å². The van der Waals surface area contributed by atoms with Crippen LogP contribution in [-0.4, -0.2) is 35.4 Å². The van der Waals surface area contributed by atoms with Crippen LogP contribution in [0.15, 0.2) is 77.9 Å². The summed E-state index contributed by atoms with van der Waals surface area (Å²) >= 11 is 0. The lowest BCUT2D eigenvalue weighted by Crippen LogP contribution is -2.34. The normalized spacial score (nSPS) is 19.3. The first kappa shape index (κ1) is 49.0. The molecule has 2 aliphatic carbocycles. The van der Waals surface area contributed by atoms with Gasteiger partial charge in [-0.2, -0.15) is 0 Å². The molecule has 2 aromatic rings. The van der Waals surface area contributed by atoms with Gasteiger partial charge in [-0.1, -0.05) is 132 Å². The highest BCUT2D eigenvalue weighted by Crippen LogP contribution is 2.54. The Morgan fingerprint density at radius 3 is 1.86 bits per heavy atom. The number of allylic oxidation sites excluding steroid dienone is 8. The van der Waals surface area contributed by atoms with Gasteiger partial charge in [-0.05, 0) is 137 Å². The molecular weight excluding hydrogens is 733 g/mol. The zero-order valence-electron chi connectivity index (χ0n) is 39.2. The number of carboxylic acid groups (broad SMARTS) is 2. The minimum Gasteiger partial charge on any atom is -0.493 e. The number of hydrogen-bond acceptors (Lipinski definition) is 4. The van der Waals surface area contributed by atoms with Gasteiger partial charge in [0.15, 0.2) is 0 Å². The molecule has 59 heavy (non-hydrogen) atoms. The number of carbonyl (C=O) groups is 2. The van der Waals surface area contributed by atoms with E-state index >= 15 is 0 Å². The summed E-state index contributed by atoms with van der Waals surface area (Å²) in [6, 6.07) is 9.28. The van der Waals surface area contributed by atoms with E-state index in [9.17, 15) is 9.59 Å². The molecule has 4 rings (SSSR count). The van der Waals surface area contributed by atoms with Gasteiger partial charge in [-0.15, -0.1) is 0 Å². The van der Waals surface area contributed by atoms with Gasteiger partial charge in [-0.3, -0.25) is 0 Å². The van der Waals surface area contributed by atoms with E-state index in [4.69, 9.17) is 19.7 Å². The molecule has 0 amide bonds. The van der Waals surface area contributed by atoms with Crippen LogP contribution in [-0.2, 0) is 31.2 Å². The first-order chi connectivity index (χ1) is 27.3. The van der Waals surface area contributed by atoms with E-state index in [1.807, 2.05) is 31.2 Å². The number of hydrogen-bond donors (Lipinski definition) is 2. The average molecular weight is 809 g/mol. The quantitative estimate of drug-likeness (QED) is 0.106. The van der Waals surface area contributed by atoms with Crippen molar-refractivity contribution >= 4 is 17.5 Å². The van der Waals surface area contributed by atoms with Crippen molar-refractivity contribution in [1.29, 1.82) is 0 Å². The Kier molecular flexibility index (Phi) is 16.9.